The fourth-order valence-corrected chi connectivity index (χ4v) is 4.71. The van der Waals surface area contributed by atoms with E-state index in [9.17, 15) is 4.79 Å². The third kappa shape index (κ3) is 1.88. The minimum Gasteiger partial charge on any atom is -0.370 e. The van der Waals surface area contributed by atoms with Crippen LogP contribution in [0.1, 0.15) is 15.9 Å². The van der Waals surface area contributed by atoms with Gasteiger partial charge in [-0.3, -0.25) is 4.79 Å². The third-order valence-electron chi connectivity index (χ3n) is 5.62. The summed E-state index contributed by atoms with van der Waals surface area (Å²) in [5, 5.41) is 0. The summed E-state index contributed by atoms with van der Waals surface area (Å²) in [5.74, 6) is 0.939. The molecular weight excluding hydrogens is 352 g/mol. The molecule has 2 aliphatic heterocycles. The molecule has 2 atom stereocenters. The average molecular weight is 369 g/mol. The number of carbonyl (C=O) groups excluding carboxylic acids is 1. The van der Waals surface area contributed by atoms with Crippen LogP contribution >= 0.6 is 15.9 Å². The molecule has 3 aliphatic rings. The van der Waals surface area contributed by atoms with Gasteiger partial charge in [0.25, 0.3) is 0 Å². The van der Waals surface area contributed by atoms with Crippen molar-refractivity contribution in [3.8, 4) is 11.1 Å². The van der Waals surface area contributed by atoms with Crippen LogP contribution in [0.25, 0.3) is 11.1 Å². The van der Waals surface area contributed by atoms with Gasteiger partial charge in [-0.2, -0.15) is 0 Å². The minimum absolute atomic E-state index is 0.150. The number of halogens is 1. The molecular formula is C19H17BrN2O. The molecule has 2 fully saturated rings. The zero-order chi connectivity index (χ0) is 15.7. The van der Waals surface area contributed by atoms with Crippen molar-refractivity contribution in [1.29, 1.82) is 0 Å². The van der Waals surface area contributed by atoms with Gasteiger partial charge in [-0.1, -0.05) is 28.1 Å². The van der Waals surface area contributed by atoms with Crippen LogP contribution < -0.4 is 4.90 Å². The van der Waals surface area contributed by atoms with Gasteiger partial charge in [0, 0.05) is 52.9 Å². The molecule has 0 bridgehead atoms. The maximum atomic E-state index is 12.8. The van der Waals surface area contributed by atoms with E-state index in [1.807, 2.05) is 18.2 Å². The lowest BCUT2D eigenvalue weighted by Crippen LogP contribution is -2.52. The lowest BCUT2D eigenvalue weighted by molar-refractivity contribution is 0.0827. The molecule has 0 saturated carbocycles. The zero-order valence-electron chi connectivity index (χ0n) is 12.9. The van der Waals surface area contributed by atoms with Crippen molar-refractivity contribution in [1.82, 2.24) is 4.90 Å². The molecule has 2 saturated heterocycles. The predicted octanol–water partition coefficient (Wildman–Crippen LogP) is 3.41. The smallest absolute Gasteiger partial charge is 0.194 e. The lowest BCUT2D eigenvalue weighted by atomic mass is 9.93. The van der Waals surface area contributed by atoms with E-state index in [2.05, 4.69) is 51.0 Å². The first kappa shape index (κ1) is 13.8. The van der Waals surface area contributed by atoms with E-state index in [1.165, 1.54) is 12.2 Å². The molecule has 5 rings (SSSR count). The number of ketones is 1. The molecule has 0 radical (unpaired) electrons. The Morgan fingerprint density at radius 2 is 1.70 bits per heavy atom. The van der Waals surface area contributed by atoms with Crippen LogP contribution in [0, 0.1) is 5.92 Å². The number of hydrogen-bond acceptors (Lipinski definition) is 3. The molecule has 23 heavy (non-hydrogen) atoms. The summed E-state index contributed by atoms with van der Waals surface area (Å²) >= 11 is 3.47. The minimum atomic E-state index is 0.150. The molecule has 0 unspecified atom stereocenters. The number of fused-ring (bicyclic) bond motifs is 4. The molecule has 3 nitrogen and oxygen atoms in total. The van der Waals surface area contributed by atoms with Crippen LogP contribution in [0.5, 0.6) is 0 Å². The monoisotopic (exact) mass is 368 g/mol. The van der Waals surface area contributed by atoms with Crippen molar-refractivity contribution < 1.29 is 4.79 Å². The molecule has 2 aromatic rings. The summed E-state index contributed by atoms with van der Waals surface area (Å²) in [6.07, 6.45) is 0. The maximum Gasteiger partial charge on any atom is 0.194 e. The van der Waals surface area contributed by atoms with E-state index in [1.54, 1.807) is 0 Å². The van der Waals surface area contributed by atoms with Gasteiger partial charge in [0.15, 0.2) is 5.78 Å². The number of anilines is 1. The Morgan fingerprint density at radius 3 is 2.43 bits per heavy atom. The van der Waals surface area contributed by atoms with Crippen molar-refractivity contribution in [3.63, 3.8) is 0 Å². The van der Waals surface area contributed by atoms with Gasteiger partial charge >= 0.3 is 0 Å². The molecule has 0 aromatic heterocycles. The summed E-state index contributed by atoms with van der Waals surface area (Å²) in [6.45, 7) is 3.39. The average Bonchev–Trinajstić information content (AvgIpc) is 3.03. The van der Waals surface area contributed by atoms with Crippen LogP contribution in [0.2, 0.25) is 0 Å². The summed E-state index contributed by atoms with van der Waals surface area (Å²) in [5.41, 5.74) is 4.98. The van der Waals surface area contributed by atoms with Gasteiger partial charge in [-0.15, -0.1) is 0 Å². The quantitative estimate of drug-likeness (QED) is 0.657. The number of likely N-dealkylation sites (N-methyl/N-ethyl adjacent to an activating group) is 1. The largest absolute Gasteiger partial charge is 0.370 e. The van der Waals surface area contributed by atoms with Crippen LogP contribution in [-0.2, 0) is 0 Å². The van der Waals surface area contributed by atoms with Crippen molar-refractivity contribution in [2.24, 2.45) is 5.92 Å². The normalized spacial score (nSPS) is 25.1. The van der Waals surface area contributed by atoms with E-state index in [4.69, 9.17) is 0 Å². The van der Waals surface area contributed by atoms with Gasteiger partial charge in [-0.05, 0) is 42.4 Å². The Hall–Kier alpha value is -1.65. The predicted molar refractivity (Wildman–Crippen MR) is 95.1 cm³/mol. The summed E-state index contributed by atoms with van der Waals surface area (Å²) in [6, 6.07) is 13.0. The first-order valence-corrected chi connectivity index (χ1v) is 8.85. The highest BCUT2D eigenvalue weighted by molar-refractivity contribution is 9.10. The molecule has 4 heteroatoms. The Morgan fingerprint density at radius 1 is 0.957 bits per heavy atom. The van der Waals surface area contributed by atoms with E-state index >= 15 is 0 Å². The Labute approximate surface area is 144 Å². The van der Waals surface area contributed by atoms with Gasteiger partial charge in [-0.25, -0.2) is 0 Å². The van der Waals surface area contributed by atoms with E-state index in [0.29, 0.717) is 6.04 Å². The van der Waals surface area contributed by atoms with Gasteiger partial charge in [0.2, 0.25) is 0 Å². The Balaban J connectivity index is 1.53. The van der Waals surface area contributed by atoms with Crippen molar-refractivity contribution in [2.45, 2.75) is 6.04 Å². The number of benzene rings is 2. The summed E-state index contributed by atoms with van der Waals surface area (Å²) < 4.78 is 0.955. The first-order chi connectivity index (χ1) is 11.1. The molecule has 1 aliphatic carbocycles. The molecule has 2 aromatic carbocycles. The SMILES string of the molecule is CN1C[C@@H]2CN(c3ccc4c(c3)C(=O)c3cc(Br)ccc3-4)C[C@@H]21. The van der Waals surface area contributed by atoms with Crippen LogP contribution in [0.3, 0.4) is 0 Å². The maximum absolute atomic E-state index is 12.8. The second-order valence-electron chi connectivity index (χ2n) is 6.92. The fourth-order valence-electron chi connectivity index (χ4n) is 4.35. The molecule has 0 spiro atoms. The van der Waals surface area contributed by atoms with Crippen molar-refractivity contribution in [2.75, 3.05) is 31.6 Å². The Bertz CT molecular complexity index is 847. The number of carbonyl (C=O) groups is 1. The molecule has 0 N–H and O–H groups in total. The van der Waals surface area contributed by atoms with E-state index in [0.717, 1.165) is 45.7 Å². The molecule has 116 valence electrons. The Kier molecular flexibility index (Phi) is 2.80. The number of likely N-dealkylation sites (tertiary alicyclic amines) is 1. The highest BCUT2D eigenvalue weighted by atomic mass is 79.9. The van der Waals surface area contributed by atoms with Crippen LogP contribution in [0.15, 0.2) is 40.9 Å². The van der Waals surface area contributed by atoms with Crippen molar-refractivity contribution >= 4 is 27.4 Å². The highest BCUT2D eigenvalue weighted by Gasteiger charge is 2.43. The van der Waals surface area contributed by atoms with Gasteiger partial charge in [0.05, 0.1) is 0 Å². The lowest BCUT2D eigenvalue weighted by Gasteiger charge is -2.40. The number of hydrogen-bond donors (Lipinski definition) is 0. The second kappa shape index (κ2) is 4.68. The highest BCUT2D eigenvalue weighted by Crippen LogP contribution is 2.41. The summed E-state index contributed by atoms with van der Waals surface area (Å²) in [7, 11) is 2.20. The van der Waals surface area contributed by atoms with Gasteiger partial charge < -0.3 is 9.80 Å². The first-order valence-electron chi connectivity index (χ1n) is 8.05. The van der Waals surface area contributed by atoms with Gasteiger partial charge in [0.1, 0.15) is 0 Å². The standard InChI is InChI=1S/C19H17BrN2O/c1-21-8-11-9-22(10-18(11)21)13-3-5-15-14-4-2-12(20)6-16(14)19(23)17(15)7-13/h2-7,11,18H,8-10H2,1H3/t11-,18+/m1/s1. The zero-order valence-corrected chi connectivity index (χ0v) is 14.5. The van der Waals surface area contributed by atoms with Crippen LogP contribution in [0.4, 0.5) is 5.69 Å². The second-order valence-corrected chi connectivity index (χ2v) is 7.84. The number of rotatable bonds is 1. The van der Waals surface area contributed by atoms with E-state index < -0.39 is 0 Å². The third-order valence-corrected chi connectivity index (χ3v) is 6.12. The topological polar surface area (TPSA) is 23.6 Å². The molecule has 0 amide bonds. The number of nitrogens with zero attached hydrogens (tertiary/aromatic N) is 2. The fraction of sp³-hybridized carbons (Fsp3) is 0.316. The summed E-state index contributed by atoms with van der Waals surface area (Å²) in [4.78, 5) is 17.6. The van der Waals surface area contributed by atoms with E-state index in [-0.39, 0.29) is 5.78 Å². The van der Waals surface area contributed by atoms with Crippen molar-refractivity contribution in [3.05, 3.63) is 52.0 Å². The van der Waals surface area contributed by atoms with Crippen LogP contribution in [-0.4, -0.2) is 43.4 Å². The molecule has 2 heterocycles.